The molecule has 1 saturated heterocycles. The molecule has 0 radical (unpaired) electrons. The Bertz CT molecular complexity index is 1030. The summed E-state index contributed by atoms with van der Waals surface area (Å²) in [4.78, 5) is 8.21. The number of nitrogens with one attached hydrogen (secondary N) is 1. The Morgan fingerprint density at radius 2 is 1.82 bits per heavy atom. The lowest BCUT2D eigenvalue weighted by Gasteiger charge is -2.25. The molecule has 1 fully saturated rings. The van der Waals surface area contributed by atoms with E-state index in [4.69, 9.17) is 30.5 Å². The van der Waals surface area contributed by atoms with Gasteiger partial charge in [-0.15, -0.1) is 10.2 Å². The molecule has 0 spiro atoms. The van der Waals surface area contributed by atoms with Gasteiger partial charge in [-0.1, -0.05) is 11.6 Å². The summed E-state index contributed by atoms with van der Waals surface area (Å²) in [5, 5.41) is 7.69. The van der Waals surface area contributed by atoms with E-state index in [9.17, 15) is 8.42 Å². The Hall–Kier alpha value is -1.90. The third kappa shape index (κ3) is 6.01. The van der Waals surface area contributed by atoms with Crippen molar-refractivity contribution in [2.75, 3.05) is 39.3 Å². The molecular formula is C20H31ClN6O6S. The average Bonchev–Trinajstić information content (AvgIpc) is 3.41. The largest absolute Gasteiger partial charge is 0.382 e. The molecular weight excluding hydrogens is 488 g/mol. The van der Waals surface area contributed by atoms with Crippen LogP contribution in [0.4, 0.5) is 5.95 Å². The molecule has 2 aromatic heterocycles. The van der Waals surface area contributed by atoms with Gasteiger partial charge in [0, 0.05) is 33.7 Å². The highest BCUT2D eigenvalue weighted by Gasteiger charge is 2.36. The predicted octanol–water partition coefficient (Wildman–Crippen LogP) is 2.31. The van der Waals surface area contributed by atoms with Crippen LogP contribution in [0.2, 0.25) is 5.02 Å². The second-order valence-corrected chi connectivity index (χ2v) is 10.6. The zero-order valence-corrected chi connectivity index (χ0v) is 21.4. The van der Waals surface area contributed by atoms with Gasteiger partial charge in [0.05, 0.1) is 30.4 Å². The monoisotopic (exact) mass is 518 g/mol. The van der Waals surface area contributed by atoms with Crippen molar-refractivity contribution in [1.82, 2.24) is 24.7 Å². The molecule has 0 amide bonds. The van der Waals surface area contributed by atoms with Crippen LogP contribution in [0, 0.1) is 0 Å². The maximum atomic E-state index is 13.4. The number of halogens is 1. The number of rotatable bonds is 12. The lowest BCUT2D eigenvalue weighted by molar-refractivity contribution is 0.0406. The summed E-state index contributed by atoms with van der Waals surface area (Å²) >= 11 is 5.85. The zero-order chi connectivity index (χ0) is 24.9. The molecule has 2 aromatic rings. The quantitative estimate of drug-likeness (QED) is 0.445. The SMILES string of the molecule is COCC(COC)n1c(NS(=O)(=O)[C@@H](C)[C@H](OC)c2ncc(Cl)cn2)nnc1[C@H]1CC[C@@H](C)O1. The minimum absolute atomic E-state index is 0.0379. The van der Waals surface area contributed by atoms with E-state index in [2.05, 4.69) is 24.9 Å². The number of anilines is 1. The lowest BCUT2D eigenvalue weighted by Crippen LogP contribution is -2.34. The third-order valence-electron chi connectivity index (χ3n) is 5.62. The molecule has 1 N–H and O–H groups in total. The molecule has 0 bridgehead atoms. The minimum atomic E-state index is -4.02. The van der Waals surface area contributed by atoms with Gasteiger partial charge in [0.15, 0.2) is 11.6 Å². The summed E-state index contributed by atoms with van der Waals surface area (Å²) in [7, 11) is 0.482. The summed E-state index contributed by atoms with van der Waals surface area (Å²) in [6, 6.07) is -0.384. The Kier molecular flexibility index (Phi) is 9.18. The number of aromatic nitrogens is 5. The predicted molar refractivity (Wildman–Crippen MR) is 124 cm³/mol. The molecule has 0 aromatic carbocycles. The van der Waals surface area contributed by atoms with E-state index < -0.39 is 21.4 Å². The van der Waals surface area contributed by atoms with Gasteiger partial charge >= 0.3 is 0 Å². The Morgan fingerprint density at radius 3 is 2.35 bits per heavy atom. The number of hydrogen-bond acceptors (Lipinski definition) is 10. The van der Waals surface area contributed by atoms with Gasteiger partial charge < -0.3 is 18.9 Å². The number of ether oxygens (including phenoxy) is 4. The van der Waals surface area contributed by atoms with Gasteiger partial charge in [-0.05, 0) is 26.7 Å². The first kappa shape index (κ1) is 26.7. The summed E-state index contributed by atoms with van der Waals surface area (Å²) in [5.74, 6) is 0.742. The molecule has 14 heteroatoms. The van der Waals surface area contributed by atoms with Crippen molar-refractivity contribution in [3.8, 4) is 0 Å². The maximum Gasteiger partial charge on any atom is 0.240 e. The van der Waals surface area contributed by atoms with Gasteiger partial charge in [0.1, 0.15) is 17.5 Å². The minimum Gasteiger partial charge on any atom is -0.382 e. The standard InChI is InChI=1S/C20H31ClN6O6S/c1-12-6-7-16(33-12)19-24-25-20(27(19)15(10-30-3)11-31-4)26-34(28,29)13(2)17(32-5)18-22-8-14(21)9-23-18/h8-9,12-13,15-17H,6-7,10-11H2,1-5H3,(H,25,26)/t12-,13+,16-,17+/m1/s1. The van der Waals surface area contributed by atoms with E-state index in [1.807, 2.05) is 6.92 Å². The first-order valence-corrected chi connectivity index (χ1v) is 12.7. The second kappa shape index (κ2) is 11.7. The molecule has 1 aliphatic heterocycles. The van der Waals surface area contributed by atoms with Crippen LogP contribution in [-0.2, 0) is 29.0 Å². The highest BCUT2D eigenvalue weighted by atomic mass is 35.5. The van der Waals surface area contributed by atoms with Crippen LogP contribution >= 0.6 is 11.6 Å². The summed E-state index contributed by atoms with van der Waals surface area (Å²) in [6.07, 6.45) is 3.19. The molecule has 3 rings (SSSR count). The lowest BCUT2D eigenvalue weighted by atomic mass is 10.2. The van der Waals surface area contributed by atoms with Crippen molar-refractivity contribution < 1.29 is 27.4 Å². The Labute approximate surface area is 204 Å². The normalized spacial score (nSPS) is 20.6. The first-order chi connectivity index (χ1) is 16.2. The van der Waals surface area contributed by atoms with Crippen molar-refractivity contribution in [3.05, 3.63) is 29.1 Å². The number of sulfonamides is 1. The highest BCUT2D eigenvalue weighted by molar-refractivity contribution is 7.93. The Balaban J connectivity index is 1.94. The molecule has 3 heterocycles. The molecule has 4 atom stereocenters. The maximum absolute atomic E-state index is 13.4. The summed E-state index contributed by atoms with van der Waals surface area (Å²) in [5.41, 5.74) is 0. The molecule has 12 nitrogen and oxygen atoms in total. The van der Waals surface area contributed by atoms with Crippen LogP contribution in [0.5, 0.6) is 0 Å². The van der Waals surface area contributed by atoms with Gasteiger partial charge in [-0.3, -0.25) is 9.29 Å². The van der Waals surface area contributed by atoms with Crippen LogP contribution in [0.15, 0.2) is 12.4 Å². The van der Waals surface area contributed by atoms with Crippen molar-refractivity contribution in [1.29, 1.82) is 0 Å². The molecule has 190 valence electrons. The van der Waals surface area contributed by atoms with E-state index in [1.54, 1.807) is 18.8 Å². The van der Waals surface area contributed by atoms with E-state index >= 15 is 0 Å². The van der Waals surface area contributed by atoms with Crippen molar-refractivity contribution in [2.45, 2.75) is 56.3 Å². The first-order valence-electron chi connectivity index (χ1n) is 10.8. The van der Waals surface area contributed by atoms with Gasteiger partial charge in [-0.2, -0.15) is 0 Å². The van der Waals surface area contributed by atoms with E-state index in [0.29, 0.717) is 10.8 Å². The van der Waals surface area contributed by atoms with Gasteiger partial charge in [-0.25, -0.2) is 18.4 Å². The fourth-order valence-corrected chi connectivity index (χ4v) is 5.12. The number of nitrogens with zero attached hydrogens (tertiary/aromatic N) is 5. The topological polar surface area (TPSA) is 140 Å². The number of methoxy groups -OCH3 is 3. The van der Waals surface area contributed by atoms with Gasteiger partial charge in [0.25, 0.3) is 0 Å². The summed E-state index contributed by atoms with van der Waals surface area (Å²) < 4.78 is 53.1. The van der Waals surface area contributed by atoms with Crippen LogP contribution in [0.25, 0.3) is 0 Å². The van der Waals surface area contributed by atoms with Gasteiger partial charge in [0.2, 0.25) is 16.0 Å². The van der Waals surface area contributed by atoms with Crippen molar-refractivity contribution in [2.24, 2.45) is 0 Å². The van der Waals surface area contributed by atoms with E-state index in [-0.39, 0.29) is 43.2 Å². The third-order valence-corrected chi connectivity index (χ3v) is 7.51. The second-order valence-electron chi connectivity index (χ2n) is 8.10. The molecule has 34 heavy (non-hydrogen) atoms. The molecule has 1 aliphatic rings. The molecule has 0 unspecified atom stereocenters. The highest BCUT2D eigenvalue weighted by Crippen LogP contribution is 2.35. The smallest absolute Gasteiger partial charge is 0.240 e. The number of hydrogen-bond donors (Lipinski definition) is 1. The van der Waals surface area contributed by atoms with Crippen LogP contribution in [-0.4, -0.2) is 79.0 Å². The van der Waals surface area contributed by atoms with Crippen LogP contribution < -0.4 is 4.72 Å². The fraction of sp³-hybridized carbons (Fsp3) is 0.700. The molecule has 0 saturated carbocycles. The van der Waals surface area contributed by atoms with E-state index in [0.717, 1.165) is 12.8 Å². The average molecular weight is 519 g/mol. The fourth-order valence-electron chi connectivity index (χ4n) is 3.89. The van der Waals surface area contributed by atoms with E-state index in [1.165, 1.54) is 26.4 Å². The van der Waals surface area contributed by atoms with Crippen molar-refractivity contribution in [3.63, 3.8) is 0 Å². The Morgan fingerprint density at radius 1 is 1.18 bits per heavy atom. The van der Waals surface area contributed by atoms with Crippen molar-refractivity contribution >= 4 is 27.6 Å². The zero-order valence-electron chi connectivity index (χ0n) is 19.8. The summed E-state index contributed by atoms with van der Waals surface area (Å²) in [6.45, 7) is 3.99. The molecule has 0 aliphatic carbocycles. The van der Waals surface area contributed by atoms with Crippen LogP contribution in [0.1, 0.15) is 56.6 Å². The van der Waals surface area contributed by atoms with Crippen LogP contribution in [0.3, 0.4) is 0 Å².